The summed E-state index contributed by atoms with van der Waals surface area (Å²) < 4.78 is 34.8. The number of unbranched alkanes of at least 4 members (excludes halogenated alkanes) is 30. The maximum absolute atomic E-state index is 13.5. The van der Waals surface area contributed by atoms with Gasteiger partial charge in [-0.25, -0.2) is 4.79 Å². The van der Waals surface area contributed by atoms with E-state index in [4.69, 9.17) is 28.4 Å². The van der Waals surface area contributed by atoms with E-state index in [9.17, 15) is 75.7 Å². The zero-order valence-corrected chi connectivity index (χ0v) is 56.6. The van der Waals surface area contributed by atoms with Gasteiger partial charge < -0.3 is 100 Å². The van der Waals surface area contributed by atoms with Gasteiger partial charge >= 0.3 is 5.97 Å². The lowest BCUT2D eigenvalue weighted by Gasteiger charge is -2.50. The van der Waals surface area contributed by atoms with E-state index >= 15 is 0 Å². The molecule has 3 heterocycles. The smallest absolute Gasteiger partial charge is 0.364 e. The lowest BCUT2D eigenvalue weighted by molar-refractivity contribution is -0.386. The fourth-order valence-corrected chi connectivity index (χ4v) is 12.3. The normalized spacial score (nSPS) is 28.3. The Bertz CT molecular complexity index is 2020. The van der Waals surface area contributed by atoms with E-state index in [1.165, 1.54) is 148 Å². The Hall–Kier alpha value is -3.05. The number of carbonyl (C=O) groups excluding carboxylic acids is 2. The molecule has 0 aromatic heterocycles. The first-order chi connectivity index (χ1) is 44.9. The number of ether oxygens (including phenoxy) is 6. The summed E-state index contributed by atoms with van der Waals surface area (Å²) in [6, 6.07) is -2.62. The van der Waals surface area contributed by atoms with E-state index in [-0.39, 0.29) is 12.3 Å². The number of hydrogen-bond acceptors (Lipinski definition) is 20. The van der Waals surface area contributed by atoms with Crippen LogP contribution in [-0.4, -0.2) is 215 Å². The van der Waals surface area contributed by atoms with Crippen LogP contribution in [0, 0.1) is 0 Å². The molecule has 3 aliphatic heterocycles. The van der Waals surface area contributed by atoms with Crippen molar-refractivity contribution in [3.63, 3.8) is 0 Å². The van der Waals surface area contributed by atoms with Gasteiger partial charge in [-0.15, -0.1) is 0 Å². The van der Waals surface area contributed by atoms with E-state index in [2.05, 4.69) is 48.8 Å². The van der Waals surface area contributed by atoms with Crippen LogP contribution < -0.4 is 10.6 Å². The van der Waals surface area contributed by atoms with Crippen molar-refractivity contribution in [3.8, 4) is 0 Å². The second kappa shape index (κ2) is 50.3. The van der Waals surface area contributed by atoms with Crippen LogP contribution in [0.3, 0.4) is 0 Å². The van der Waals surface area contributed by atoms with Crippen LogP contribution in [0.15, 0.2) is 36.5 Å². The summed E-state index contributed by atoms with van der Waals surface area (Å²) in [7, 11) is 0. The van der Waals surface area contributed by atoms with Crippen molar-refractivity contribution in [3.05, 3.63) is 36.5 Å². The molecule has 23 heteroatoms. The van der Waals surface area contributed by atoms with Gasteiger partial charge in [-0.3, -0.25) is 9.59 Å². The summed E-state index contributed by atoms with van der Waals surface area (Å²) in [5.41, 5.74) is 0. The van der Waals surface area contributed by atoms with E-state index in [1.54, 1.807) is 6.08 Å². The van der Waals surface area contributed by atoms with Crippen molar-refractivity contribution >= 4 is 17.8 Å². The first-order valence-corrected chi connectivity index (χ1v) is 35.9. The van der Waals surface area contributed by atoms with Crippen LogP contribution in [0.25, 0.3) is 0 Å². The molecule has 93 heavy (non-hydrogen) atoms. The number of carbonyl (C=O) groups is 3. The highest BCUT2D eigenvalue weighted by Crippen LogP contribution is 2.39. The van der Waals surface area contributed by atoms with Gasteiger partial charge in [-0.05, 0) is 51.4 Å². The monoisotopic (exact) mass is 1330 g/mol. The van der Waals surface area contributed by atoms with Crippen molar-refractivity contribution in [2.45, 2.75) is 362 Å². The molecule has 3 saturated heterocycles. The maximum Gasteiger partial charge on any atom is 0.364 e. The molecule has 0 bridgehead atoms. The van der Waals surface area contributed by atoms with Crippen LogP contribution >= 0.6 is 0 Å². The number of hydrogen-bond donors (Lipinski definition) is 14. The average molecular weight is 1330 g/mol. The summed E-state index contributed by atoms with van der Waals surface area (Å²) in [4.78, 5) is 38.5. The molecule has 18 unspecified atom stereocenters. The summed E-state index contributed by atoms with van der Waals surface area (Å²) in [6.45, 7) is 2.13. The van der Waals surface area contributed by atoms with Crippen LogP contribution in [0.1, 0.15) is 252 Å². The highest BCUT2D eigenvalue weighted by molar-refractivity contribution is 5.77. The Labute approximate surface area is 555 Å². The Balaban J connectivity index is 1.56. The van der Waals surface area contributed by atoms with Crippen molar-refractivity contribution in [1.82, 2.24) is 10.6 Å². The number of carboxylic acids is 1. The molecule has 0 spiro atoms. The molecule has 0 saturated carbocycles. The van der Waals surface area contributed by atoms with Crippen molar-refractivity contribution in [2.24, 2.45) is 0 Å². The zero-order chi connectivity index (χ0) is 68.2. The van der Waals surface area contributed by atoms with Crippen LogP contribution in [0.2, 0.25) is 0 Å². The molecular formula is C70H126N2O21. The highest BCUT2D eigenvalue weighted by Gasteiger charge is 2.60. The molecule has 3 fully saturated rings. The standard InChI is InChI=1S/C70H126N2O21/c1-4-6-8-10-12-14-16-18-20-21-22-23-24-25-26-27-28-29-30-32-34-36-38-40-42-44-57(80)72-51(52(77)43-41-39-37-35-33-31-19-17-15-13-11-9-7-5-2)49-88-67-62(84)61(83)64(56(48-75)90-67)91-68-63(85)66(60(82)55(47-74)89-68)93-70(69(86)87)45-53(78)58(71-50(3)76)65(92-70)59(81)54(79)46-73/h22-23,25-26,41,43,51-56,58-68,73-75,77-79,81-85H,4-21,24,27-40,42,44-49H2,1-3H3,(H,71,76)(H,72,80)(H,86,87)/b23-22-,26-25-,43-41+. The van der Waals surface area contributed by atoms with Gasteiger partial charge in [-0.1, -0.05) is 217 Å². The molecule has 0 aromatic rings. The molecule has 23 nitrogen and oxygen atoms in total. The number of nitrogens with one attached hydrogen (secondary N) is 2. The highest BCUT2D eigenvalue weighted by atomic mass is 16.8. The fraction of sp³-hybridized carbons (Fsp3) is 0.871. The van der Waals surface area contributed by atoms with Gasteiger partial charge in [0.2, 0.25) is 11.8 Å². The number of aliphatic carboxylic acids is 1. The van der Waals surface area contributed by atoms with Crippen LogP contribution in [0.4, 0.5) is 0 Å². The van der Waals surface area contributed by atoms with Crippen LogP contribution in [-0.2, 0) is 42.8 Å². The van der Waals surface area contributed by atoms with Crippen molar-refractivity contribution < 1.29 is 104 Å². The second-order valence-corrected chi connectivity index (χ2v) is 26.1. The largest absolute Gasteiger partial charge is 0.477 e. The summed E-state index contributed by atoms with van der Waals surface area (Å²) in [6.07, 6.45) is 23.3. The van der Waals surface area contributed by atoms with Crippen LogP contribution in [0.5, 0.6) is 0 Å². The number of allylic oxidation sites excluding steroid dienone is 5. The predicted molar refractivity (Wildman–Crippen MR) is 352 cm³/mol. The Morgan fingerprint density at radius 1 is 0.570 bits per heavy atom. The van der Waals surface area contributed by atoms with E-state index in [1.807, 2.05) is 6.08 Å². The van der Waals surface area contributed by atoms with Gasteiger partial charge in [0.15, 0.2) is 12.6 Å². The molecule has 2 amide bonds. The lowest BCUT2D eigenvalue weighted by atomic mass is 9.88. The zero-order valence-electron chi connectivity index (χ0n) is 56.6. The maximum atomic E-state index is 13.5. The molecule has 542 valence electrons. The van der Waals surface area contributed by atoms with Crippen molar-refractivity contribution in [2.75, 3.05) is 26.4 Å². The third-order valence-corrected chi connectivity index (χ3v) is 18.1. The molecule has 3 rings (SSSR count). The summed E-state index contributed by atoms with van der Waals surface area (Å²) >= 11 is 0. The Morgan fingerprint density at radius 3 is 1.52 bits per heavy atom. The fourth-order valence-electron chi connectivity index (χ4n) is 12.3. The van der Waals surface area contributed by atoms with Crippen molar-refractivity contribution in [1.29, 1.82) is 0 Å². The summed E-state index contributed by atoms with van der Waals surface area (Å²) in [5, 5.41) is 136. The third-order valence-electron chi connectivity index (χ3n) is 18.1. The Kier molecular flexibility index (Phi) is 45.5. The number of rotatable bonds is 54. The van der Waals surface area contributed by atoms with E-state index in [0.29, 0.717) is 12.8 Å². The minimum atomic E-state index is -3.08. The Morgan fingerprint density at radius 2 is 1.04 bits per heavy atom. The minimum Gasteiger partial charge on any atom is -0.477 e. The molecule has 0 aromatic carbocycles. The van der Waals surface area contributed by atoms with Gasteiger partial charge in [0.05, 0.1) is 50.7 Å². The van der Waals surface area contributed by atoms with Gasteiger partial charge in [0, 0.05) is 19.8 Å². The first kappa shape index (κ1) is 84.2. The second-order valence-electron chi connectivity index (χ2n) is 26.1. The van der Waals surface area contributed by atoms with Gasteiger partial charge in [-0.2, -0.15) is 0 Å². The van der Waals surface area contributed by atoms with E-state index < -0.39 is 155 Å². The predicted octanol–water partition coefficient (Wildman–Crippen LogP) is 7.01. The molecule has 14 N–H and O–H groups in total. The molecule has 18 atom stereocenters. The number of aliphatic hydroxyl groups excluding tert-OH is 11. The molecule has 0 radical (unpaired) electrons. The quantitative estimate of drug-likeness (QED) is 0.0215. The molecular weight excluding hydrogens is 1200 g/mol. The first-order valence-electron chi connectivity index (χ1n) is 35.9. The average Bonchev–Trinajstić information content (AvgIpc) is 0.765. The van der Waals surface area contributed by atoms with Gasteiger partial charge in [0.25, 0.3) is 5.79 Å². The topological polar surface area (TPSA) is 373 Å². The minimum absolute atomic E-state index is 0.195. The lowest BCUT2D eigenvalue weighted by Crippen LogP contribution is -2.70. The molecule has 3 aliphatic rings. The van der Waals surface area contributed by atoms with E-state index in [0.717, 1.165) is 64.7 Å². The number of aliphatic hydroxyl groups is 11. The third kappa shape index (κ3) is 32.5. The number of amides is 2. The summed E-state index contributed by atoms with van der Waals surface area (Å²) in [5.74, 6) is -6.15. The SMILES string of the molecule is CCCCCCCCCCC/C=C\C/C=C\CCCCCCCCCCCC(=O)NC(COC1OC(CO)C(OC2OC(CO)C(O)C(OC3(C(=O)O)CC(O)C(NC(C)=O)C(C(O)C(O)CO)O3)C2O)C(O)C1O)C(O)/C=C/CCCCCCCCCCCCCC. The molecule has 0 aliphatic carbocycles. The van der Waals surface area contributed by atoms with Gasteiger partial charge in [0.1, 0.15) is 67.1 Å². The number of carboxylic acid groups (broad SMARTS) is 1.